The van der Waals surface area contributed by atoms with Gasteiger partial charge in [-0.3, -0.25) is 4.90 Å². The van der Waals surface area contributed by atoms with Gasteiger partial charge in [-0.05, 0) is 37.7 Å². The van der Waals surface area contributed by atoms with Crippen LogP contribution in [0.1, 0.15) is 16.1 Å². The van der Waals surface area contributed by atoms with Gasteiger partial charge in [-0.15, -0.1) is 11.3 Å². The number of rotatable bonds is 4. The van der Waals surface area contributed by atoms with Crippen molar-refractivity contribution in [3.63, 3.8) is 0 Å². The van der Waals surface area contributed by atoms with Gasteiger partial charge in [-0.2, -0.15) is 0 Å². The van der Waals surface area contributed by atoms with Crippen LogP contribution >= 0.6 is 27.3 Å². The van der Waals surface area contributed by atoms with Gasteiger partial charge >= 0.3 is 0 Å². The average Bonchev–Trinajstić information content (AvgIpc) is 2.70. The van der Waals surface area contributed by atoms with Crippen LogP contribution in [-0.2, 0) is 13.1 Å². The van der Waals surface area contributed by atoms with E-state index in [4.69, 9.17) is 5.73 Å². The molecule has 0 spiro atoms. The molecule has 0 radical (unpaired) electrons. The van der Waals surface area contributed by atoms with Gasteiger partial charge in [-0.25, -0.2) is 4.98 Å². The molecule has 0 amide bonds. The third kappa shape index (κ3) is 3.31. The second-order valence-electron chi connectivity index (χ2n) is 4.38. The lowest BCUT2D eigenvalue weighted by Crippen LogP contribution is -2.17. The Morgan fingerprint density at radius 2 is 2.17 bits per heavy atom. The van der Waals surface area contributed by atoms with Crippen LogP contribution in [0.4, 0.5) is 5.69 Å². The zero-order valence-electron chi connectivity index (χ0n) is 10.5. The number of aryl methyl sites for hydroxylation is 1. The lowest BCUT2D eigenvalue weighted by molar-refractivity contribution is 0.320. The van der Waals surface area contributed by atoms with Crippen molar-refractivity contribution in [3.8, 4) is 0 Å². The molecule has 3 nitrogen and oxygen atoms in total. The molecule has 0 aliphatic heterocycles. The Labute approximate surface area is 120 Å². The van der Waals surface area contributed by atoms with Crippen molar-refractivity contribution >= 4 is 33.0 Å². The number of nitrogens with zero attached hydrogens (tertiary/aromatic N) is 2. The molecule has 0 unspecified atom stereocenters. The molecule has 1 aromatic carbocycles. The summed E-state index contributed by atoms with van der Waals surface area (Å²) in [5.74, 6) is 0. The summed E-state index contributed by atoms with van der Waals surface area (Å²) in [6, 6.07) is 5.91. The number of anilines is 1. The maximum atomic E-state index is 5.82. The highest BCUT2D eigenvalue weighted by molar-refractivity contribution is 9.10. The van der Waals surface area contributed by atoms with Gasteiger partial charge in [0.25, 0.3) is 0 Å². The summed E-state index contributed by atoms with van der Waals surface area (Å²) in [5, 5.41) is 0. The van der Waals surface area contributed by atoms with E-state index < -0.39 is 0 Å². The topological polar surface area (TPSA) is 42.2 Å². The van der Waals surface area contributed by atoms with Gasteiger partial charge in [0, 0.05) is 28.1 Å². The summed E-state index contributed by atoms with van der Waals surface area (Å²) in [4.78, 5) is 7.85. The number of nitrogens with two attached hydrogens (primary N) is 1. The number of hydrogen-bond donors (Lipinski definition) is 1. The molecule has 96 valence electrons. The van der Waals surface area contributed by atoms with E-state index in [2.05, 4.69) is 39.8 Å². The molecule has 0 fully saturated rings. The zero-order valence-corrected chi connectivity index (χ0v) is 12.9. The third-order valence-corrected chi connectivity index (χ3v) is 4.46. The Kier molecular flexibility index (Phi) is 4.37. The van der Waals surface area contributed by atoms with Crippen LogP contribution in [0.25, 0.3) is 0 Å². The van der Waals surface area contributed by atoms with E-state index in [1.165, 1.54) is 10.4 Å². The fourth-order valence-corrected chi connectivity index (χ4v) is 3.01. The first-order valence-corrected chi connectivity index (χ1v) is 7.35. The summed E-state index contributed by atoms with van der Waals surface area (Å²) >= 11 is 5.27. The van der Waals surface area contributed by atoms with E-state index in [-0.39, 0.29) is 0 Å². The Morgan fingerprint density at radius 1 is 1.39 bits per heavy atom. The smallest absolute Gasteiger partial charge is 0.0798 e. The minimum Gasteiger partial charge on any atom is -0.399 e. The number of nitrogen functional groups attached to an aromatic ring is 1. The second-order valence-corrected chi connectivity index (χ2v) is 6.18. The van der Waals surface area contributed by atoms with Crippen LogP contribution in [0.2, 0.25) is 0 Å². The molecule has 0 aliphatic rings. The minimum atomic E-state index is 0.801. The van der Waals surface area contributed by atoms with Gasteiger partial charge in [0.2, 0.25) is 0 Å². The quantitative estimate of drug-likeness (QED) is 0.876. The second kappa shape index (κ2) is 5.82. The average molecular weight is 326 g/mol. The summed E-state index contributed by atoms with van der Waals surface area (Å²) in [7, 11) is 2.11. The highest BCUT2D eigenvalue weighted by atomic mass is 79.9. The molecule has 0 saturated carbocycles. The first-order valence-electron chi connectivity index (χ1n) is 5.67. The summed E-state index contributed by atoms with van der Waals surface area (Å²) < 4.78 is 1.10. The predicted octanol–water partition coefficient (Wildman–Crippen LogP) is 3.43. The van der Waals surface area contributed by atoms with Crippen LogP contribution in [-0.4, -0.2) is 16.9 Å². The Hall–Kier alpha value is -0.910. The number of halogens is 1. The van der Waals surface area contributed by atoms with Crippen molar-refractivity contribution in [2.75, 3.05) is 12.8 Å². The molecule has 0 bridgehead atoms. The fraction of sp³-hybridized carbons (Fsp3) is 0.308. The molecule has 5 heteroatoms. The van der Waals surface area contributed by atoms with E-state index in [0.29, 0.717) is 0 Å². The lowest BCUT2D eigenvalue weighted by Gasteiger charge is -2.17. The van der Waals surface area contributed by atoms with Crippen molar-refractivity contribution in [1.29, 1.82) is 0 Å². The van der Waals surface area contributed by atoms with E-state index in [9.17, 15) is 0 Å². The highest BCUT2D eigenvalue weighted by Crippen LogP contribution is 2.22. The number of benzene rings is 1. The molecule has 0 aliphatic carbocycles. The largest absolute Gasteiger partial charge is 0.399 e. The van der Waals surface area contributed by atoms with Gasteiger partial charge in [0.15, 0.2) is 0 Å². The molecule has 2 N–H and O–H groups in total. The maximum Gasteiger partial charge on any atom is 0.0798 e. The summed E-state index contributed by atoms with van der Waals surface area (Å²) in [6.45, 7) is 3.83. The number of thiazole rings is 1. The normalized spacial score (nSPS) is 11.1. The van der Waals surface area contributed by atoms with E-state index in [0.717, 1.165) is 28.9 Å². The van der Waals surface area contributed by atoms with Crippen molar-refractivity contribution in [1.82, 2.24) is 9.88 Å². The van der Waals surface area contributed by atoms with Gasteiger partial charge in [0.05, 0.1) is 11.2 Å². The van der Waals surface area contributed by atoms with E-state index >= 15 is 0 Å². The minimum absolute atomic E-state index is 0.801. The molecule has 1 heterocycles. The summed E-state index contributed by atoms with van der Waals surface area (Å²) in [5.41, 5.74) is 10.8. The highest BCUT2D eigenvalue weighted by Gasteiger charge is 2.08. The standard InChI is InChI=1S/C13H16BrN3S/c1-9-13(18-8-16-9)7-17(2)6-10-5-11(15)3-4-12(10)14/h3-5,8H,6-7,15H2,1-2H3. The first-order chi connectivity index (χ1) is 8.56. The van der Waals surface area contributed by atoms with Crippen molar-refractivity contribution in [2.24, 2.45) is 0 Å². The molecule has 2 rings (SSSR count). The monoisotopic (exact) mass is 325 g/mol. The van der Waals surface area contributed by atoms with E-state index in [1.807, 2.05) is 23.7 Å². The summed E-state index contributed by atoms with van der Waals surface area (Å²) in [6.07, 6.45) is 0. The van der Waals surface area contributed by atoms with Crippen molar-refractivity contribution < 1.29 is 0 Å². The molecule has 0 atom stereocenters. The Balaban J connectivity index is 2.05. The lowest BCUT2D eigenvalue weighted by atomic mass is 10.2. The van der Waals surface area contributed by atoms with Crippen LogP contribution in [0, 0.1) is 6.92 Å². The molecule has 1 aromatic heterocycles. The van der Waals surface area contributed by atoms with Gasteiger partial charge in [-0.1, -0.05) is 15.9 Å². The fourth-order valence-electron chi connectivity index (χ4n) is 1.79. The first kappa shape index (κ1) is 13.5. The van der Waals surface area contributed by atoms with E-state index in [1.54, 1.807) is 11.3 Å². The number of aromatic nitrogens is 1. The van der Waals surface area contributed by atoms with Crippen LogP contribution < -0.4 is 5.73 Å². The SMILES string of the molecule is Cc1ncsc1CN(C)Cc1cc(N)ccc1Br. The van der Waals surface area contributed by atoms with Gasteiger partial charge in [0.1, 0.15) is 0 Å². The molecule has 0 saturated heterocycles. The third-order valence-electron chi connectivity index (χ3n) is 2.77. The molecule has 18 heavy (non-hydrogen) atoms. The van der Waals surface area contributed by atoms with Crippen molar-refractivity contribution in [3.05, 3.63) is 44.3 Å². The molecular formula is C13H16BrN3S. The Bertz CT molecular complexity index is 539. The Morgan fingerprint density at radius 3 is 2.83 bits per heavy atom. The predicted molar refractivity (Wildman–Crippen MR) is 80.6 cm³/mol. The molecular weight excluding hydrogens is 310 g/mol. The maximum absolute atomic E-state index is 5.82. The zero-order chi connectivity index (χ0) is 13.1. The van der Waals surface area contributed by atoms with Gasteiger partial charge < -0.3 is 5.73 Å². The van der Waals surface area contributed by atoms with Crippen LogP contribution in [0.3, 0.4) is 0 Å². The van der Waals surface area contributed by atoms with Crippen LogP contribution in [0.15, 0.2) is 28.2 Å². The van der Waals surface area contributed by atoms with Crippen molar-refractivity contribution in [2.45, 2.75) is 20.0 Å². The molecule has 2 aromatic rings. The number of hydrogen-bond acceptors (Lipinski definition) is 4. The van der Waals surface area contributed by atoms with Crippen LogP contribution in [0.5, 0.6) is 0 Å².